The van der Waals surface area contributed by atoms with Gasteiger partial charge in [0.2, 0.25) is 0 Å². The number of ether oxygens (including phenoxy) is 1. The average Bonchev–Trinajstić information content (AvgIpc) is 2.78. The lowest BCUT2D eigenvalue weighted by Gasteiger charge is -2.22. The van der Waals surface area contributed by atoms with Crippen LogP contribution in [0.3, 0.4) is 0 Å². The number of nitrogens with one attached hydrogen (secondary N) is 1. The molecule has 3 rings (SSSR count). The Balaban J connectivity index is 2.12. The maximum atomic E-state index is 13.1. The highest BCUT2D eigenvalue weighted by atomic mass is 16.5. The molecule has 0 fully saturated rings. The molecule has 1 heterocycles. The molecule has 0 aliphatic heterocycles. The number of rotatable bonds is 6. The van der Waals surface area contributed by atoms with Crippen LogP contribution in [0.15, 0.2) is 57.7 Å². The van der Waals surface area contributed by atoms with Crippen molar-refractivity contribution >= 4 is 22.8 Å². The highest BCUT2D eigenvalue weighted by Gasteiger charge is 2.28. The Morgan fingerprint density at radius 1 is 1.10 bits per heavy atom. The van der Waals surface area contributed by atoms with Crippen molar-refractivity contribution in [2.24, 2.45) is 5.92 Å². The third-order valence-electron chi connectivity index (χ3n) is 5.38. The predicted molar refractivity (Wildman–Crippen MR) is 115 cm³/mol. The molecular formula is C24H25NO5. The Morgan fingerprint density at radius 3 is 2.43 bits per heavy atom. The minimum Gasteiger partial charge on any atom is -0.467 e. The first-order chi connectivity index (χ1) is 14.4. The first-order valence-electron chi connectivity index (χ1n) is 9.89. The van der Waals surface area contributed by atoms with Gasteiger partial charge in [-0.1, -0.05) is 56.7 Å². The van der Waals surface area contributed by atoms with Crippen molar-refractivity contribution in [1.82, 2.24) is 5.32 Å². The predicted octanol–water partition coefficient (Wildman–Crippen LogP) is 4.09. The molecule has 0 spiro atoms. The number of hydrogen-bond donors (Lipinski definition) is 1. The average molecular weight is 407 g/mol. The van der Waals surface area contributed by atoms with Gasteiger partial charge in [0.25, 0.3) is 5.91 Å². The SMILES string of the molecule is CCC(C)C(NC(=O)c1cccc2c(=O)c(C)c(-c3ccccc3)oc12)C(=O)OC. The fraction of sp³-hybridized carbons (Fsp3) is 0.292. The van der Waals surface area contributed by atoms with E-state index in [2.05, 4.69) is 5.32 Å². The second-order valence-electron chi connectivity index (χ2n) is 7.29. The van der Waals surface area contributed by atoms with E-state index in [9.17, 15) is 14.4 Å². The molecule has 0 aliphatic carbocycles. The quantitative estimate of drug-likeness (QED) is 0.622. The maximum Gasteiger partial charge on any atom is 0.328 e. The van der Waals surface area contributed by atoms with Crippen LogP contribution in [-0.2, 0) is 9.53 Å². The molecule has 6 nitrogen and oxygen atoms in total. The molecule has 2 aromatic carbocycles. The van der Waals surface area contributed by atoms with Crippen LogP contribution in [0.4, 0.5) is 0 Å². The van der Waals surface area contributed by atoms with Crippen molar-refractivity contribution in [3.8, 4) is 11.3 Å². The summed E-state index contributed by atoms with van der Waals surface area (Å²) >= 11 is 0. The van der Waals surface area contributed by atoms with E-state index in [1.807, 2.05) is 44.2 Å². The van der Waals surface area contributed by atoms with Gasteiger partial charge in [-0.2, -0.15) is 0 Å². The van der Waals surface area contributed by atoms with E-state index in [-0.39, 0.29) is 22.5 Å². The zero-order valence-electron chi connectivity index (χ0n) is 17.5. The van der Waals surface area contributed by atoms with Crippen molar-refractivity contribution < 1.29 is 18.7 Å². The third kappa shape index (κ3) is 3.99. The van der Waals surface area contributed by atoms with E-state index in [1.54, 1.807) is 25.1 Å². The molecule has 2 atom stereocenters. The van der Waals surface area contributed by atoms with Crippen molar-refractivity contribution in [2.75, 3.05) is 7.11 Å². The lowest BCUT2D eigenvalue weighted by atomic mass is 9.98. The minimum atomic E-state index is -0.798. The summed E-state index contributed by atoms with van der Waals surface area (Å²) in [6, 6.07) is 13.3. The van der Waals surface area contributed by atoms with Gasteiger partial charge >= 0.3 is 5.97 Å². The monoisotopic (exact) mass is 407 g/mol. The van der Waals surface area contributed by atoms with Gasteiger partial charge in [-0.3, -0.25) is 9.59 Å². The van der Waals surface area contributed by atoms with Gasteiger partial charge in [-0.05, 0) is 25.0 Å². The molecule has 30 heavy (non-hydrogen) atoms. The van der Waals surface area contributed by atoms with E-state index in [0.717, 1.165) is 5.56 Å². The molecule has 6 heteroatoms. The van der Waals surface area contributed by atoms with Crippen LogP contribution in [0.5, 0.6) is 0 Å². The van der Waals surface area contributed by atoms with Crippen LogP contribution < -0.4 is 10.7 Å². The minimum absolute atomic E-state index is 0.120. The van der Waals surface area contributed by atoms with Gasteiger partial charge < -0.3 is 14.5 Å². The zero-order valence-corrected chi connectivity index (χ0v) is 17.5. The van der Waals surface area contributed by atoms with E-state index in [4.69, 9.17) is 9.15 Å². The summed E-state index contributed by atoms with van der Waals surface area (Å²) in [5, 5.41) is 3.06. The number of para-hydroxylation sites is 1. The Morgan fingerprint density at radius 2 is 1.80 bits per heavy atom. The number of carbonyl (C=O) groups is 2. The molecule has 1 N–H and O–H groups in total. The summed E-state index contributed by atoms with van der Waals surface area (Å²) in [5.41, 5.74) is 1.40. The van der Waals surface area contributed by atoms with E-state index >= 15 is 0 Å². The number of benzene rings is 2. The van der Waals surface area contributed by atoms with Crippen LogP contribution in [0.2, 0.25) is 0 Å². The van der Waals surface area contributed by atoms with Crippen LogP contribution in [0.1, 0.15) is 36.2 Å². The smallest absolute Gasteiger partial charge is 0.328 e. The van der Waals surface area contributed by atoms with Crippen LogP contribution in [-0.4, -0.2) is 25.0 Å². The summed E-state index contributed by atoms with van der Waals surface area (Å²) in [6.45, 7) is 5.50. The van der Waals surface area contributed by atoms with Crippen molar-refractivity contribution in [1.29, 1.82) is 0 Å². The molecular weight excluding hydrogens is 382 g/mol. The Labute approximate surface area is 174 Å². The second-order valence-corrected chi connectivity index (χ2v) is 7.29. The molecule has 1 aromatic heterocycles. The fourth-order valence-electron chi connectivity index (χ4n) is 3.37. The molecule has 156 valence electrons. The van der Waals surface area contributed by atoms with Crippen LogP contribution in [0, 0.1) is 12.8 Å². The summed E-state index contributed by atoms with van der Waals surface area (Å²) in [6.07, 6.45) is 0.683. The lowest BCUT2D eigenvalue weighted by Crippen LogP contribution is -2.45. The van der Waals surface area contributed by atoms with Gasteiger partial charge in [-0.25, -0.2) is 4.79 Å². The van der Waals surface area contributed by atoms with E-state index < -0.39 is 17.9 Å². The molecule has 3 aromatic rings. The van der Waals surface area contributed by atoms with Gasteiger partial charge in [0.15, 0.2) is 11.0 Å². The second kappa shape index (κ2) is 8.95. The molecule has 0 aliphatic rings. The largest absolute Gasteiger partial charge is 0.467 e. The number of carbonyl (C=O) groups excluding carboxylic acids is 2. The summed E-state index contributed by atoms with van der Waals surface area (Å²) < 4.78 is 10.9. The van der Waals surface area contributed by atoms with Crippen molar-refractivity contribution in [3.05, 3.63) is 69.9 Å². The van der Waals surface area contributed by atoms with Crippen molar-refractivity contribution in [2.45, 2.75) is 33.2 Å². The zero-order chi connectivity index (χ0) is 21.8. The van der Waals surface area contributed by atoms with Crippen molar-refractivity contribution in [3.63, 3.8) is 0 Å². The number of fused-ring (bicyclic) bond motifs is 1. The number of esters is 1. The van der Waals surface area contributed by atoms with Gasteiger partial charge in [0.1, 0.15) is 11.8 Å². The molecule has 0 saturated heterocycles. The Bertz CT molecular complexity index is 1130. The summed E-state index contributed by atoms with van der Waals surface area (Å²) in [5.74, 6) is -0.715. The molecule has 2 unspecified atom stereocenters. The van der Waals surface area contributed by atoms with Crippen LogP contribution >= 0.6 is 0 Å². The summed E-state index contributed by atoms with van der Waals surface area (Å²) in [4.78, 5) is 38.2. The van der Waals surface area contributed by atoms with E-state index in [0.29, 0.717) is 23.1 Å². The first kappa shape index (κ1) is 21.3. The highest BCUT2D eigenvalue weighted by molar-refractivity contribution is 6.06. The maximum absolute atomic E-state index is 13.1. The fourth-order valence-corrected chi connectivity index (χ4v) is 3.37. The Kier molecular flexibility index (Phi) is 6.35. The molecule has 0 bridgehead atoms. The van der Waals surface area contributed by atoms with E-state index in [1.165, 1.54) is 7.11 Å². The molecule has 1 amide bonds. The number of hydrogen-bond acceptors (Lipinski definition) is 5. The first-order valence-corrected chi connectivity index (χ1v) is 9.89. The highest BCUT2D eigenvalue weighted by Crippen LogP contribution is 2.27. The molecule has 0 radical (unpaired) electrons. The summed E-state index contributed by atoms with van der Waals surface area (Å²) in [7, 11) is 1.29. The van der Waals surface area contributed by atoms with Gasteiger partial charge in [0.05, 0.1) is 18.1 Å². The van der Waals surface area contributed by atoms with Gasteiger partial charge in [-0.15, -0.1) is 0 Å². The normalized spacial score (nSPS) is 12.9. The number of amides is 1. The van der Waals surface area contributed by atoms with Gasteiger partial charge in [0, 0.05) is 11.1 Å². The third-order valence-corrected chi connectivity index (χ3v) is 5.38. The standard InChI is InChI=1S/C24H25NO5/c1-5-14(2)19(24(28)29-4)25-23(27)18-13-9-12-17-20(26)15(3)21(30-22(17)18)16-10-7-6-8-11-16/h6-14,19H,5H2,1-4H3,(H,25,27). The van der Waals surface area contributed by atoms with Crippen LogP contribution in [0.25, 0.3) is 22.3 Å². The topological polar surface area (TPSA) is 85.6 Å². The number of methoxy groups -OCH3 is 1. The molecule has 0 saturated carbocycles. The Hall–Kier alpha value is -3.41. The lowest BCUT2D eigenvalue weighted by molar-refractivity contribution is -0.144.